The van der Waals surface area contributed by atoms with Crippen molar-refractivity contribution in [1.82, 2.24) is 5.32 Å². The van der Waals surface area contributed by atoms with Crippen LogP contribution in [-0.4, -0.2) is 47.4 Å². The number of ether oxygens (including phenoxy) is 1. The van der Waals surface area contributed by atoms with Crippen LogP contribution < -0.4 is 5.32 Å². The Hall–Kier alpha value is -1.40. The molecule has 0 aliphatic heterocycles. The van der Waals surface area contributed by atoms with Gasteiger partial charge < -0.3 is 20.3 Å². The summed E-state index contributed by atoms with van der Waals surface area (Å²) in [5, 5.41) is 23.3. The Kier molecular flexibility index (Phi) is 78.8. The summed E-state index contributed by atoms with van der Waals surface area (Å²) in [5.41, 5.74) is 0. The molecular formula is C84H165NO5. The number of carbonyl (C=O) groups excluding carboxylic acids is 2. The summed E-state index contributed by atoms with van der Waals surface area (Å²) < 4.78 is 5.53. The zero-order valence-electron chi connectivity index (χ0n) is 61.7. The van der Waals surface area contributed by atoms with Crippen molar-refractivity contribution in [3.8, 4) is 0 Å². The van der Waals surface area contributed by atoms with Gasteiger partial charge in [0.15, 0.2) is 0 Å². The lowest BCUT2D eigenvalue weighted by Crippen LogP contribution is -2.45. The van der Waals surface area contributed by atoms with Crippen molar-refractivity contribution < 1.29 is 24.5 Å². The molecule has 0 aliphatic carbocycles. The van der Waals surface area contributed by atoms with Gasteiger partial charge in [-0.05, 0) is 32.1 Å². The van der Waals surface area contributed by atoms with Gasteiger partial charge >= 0.3 is 5.97 Å². The number of nitrogens with one attached hydrogen (secondary N) is 1. The lowest BCUT2D eigenvalue weighted by molar-refractivity contribution is -0.143. The van der Waals surface area contributed by atoms with Gasteiger partial charge in [0.05, 0.1) is 25.4 Å². The molecule has 0 fully saturated rings. The average molecular weight is 1270 g/mol. The predicted octanol–water partition coefficient (Wildman–Crippen LogP) is 27.8. The molecule has 0 saturated carbocycles. The van der Waals surface area contributed by atoms with E-state index >= 15 is 0 Å². The first-order valence-corrected chi connectivity index (χ1v) is 42.0. The number of aliphatic hydroxyl groups excluding tert-OH is 2. The van der Waals surface area contributed by atoms with Crippen LogP contribution in [0.1, 0.15) is 489 Å². The van der Waals surface area contributed by atoms with Gasteiger partial charge in [-0.1, -0.05) is 456 Å². The van der Waals surface area contributed by atoms with Crippen LogP contribution in [-0.2, 0) is 14.3 Å². The van der Waals surface area contributed by atoms with E-state index in [1.165, 1.54) is 424 Å². The molecule has 0 spiro atoms. The maximum absolute atomic E-state index is 12.6. The zero-order chi connectivity index (χ0) is 64.9. The smallest absolute Gasteiger partial charge is 0.305 e. The van der Waals surface area contributed by atoms with Gasteiger partial charge in [-0.15, -0.1) is 0 Å². The summed E-state index contributed by atoms with van der Waals surface area (Å²) in [7, 11) is 0. The lowest BCUT2D eigenvalue weighted by atomic mass is 10.0. The van der Waals surface area contributed by atoms with Crippen molar-refractivity contribution in [2.45, 2.75) is 501 Å². The standard InChI is InChI=1S/C84H165NO5/c1-3-5-7-9-11-13-15-17-19-21-23-24-37-41-44-48-52-56-60-64-68-72-76-82(87)81(80-86)85-83(88)77-73-69-65-61-57-53-49-45-42-38-35-33-31-29-27-25-26-28-30-32-34-36-39-43-47-51-55-59-63-67-71-75-79-90-84(89)78-74-70-66-62-58-54-50-46-40-22-20-18-16-14-12-10-8-6-4-2/h72,76,81-82,86-87H,3-71,73-75,77-80H2,1-2H3,(H,85,88)/b76-72+. The minimum atomic E-state index is -0.842. The highest BCUT2D eigenvalue weighted by molar-refractivity contribution is 5.76. The fourth-order valence-electron chi connectivity index (χ4n) is 13.7. The van der Waals surface area contributed by atoms with Crippen LogP contribution >= 0.6 is 0 Å². The summed E-state index contributed by atoms with van der Waals surface area (Å²) in [6.45, 7) is 4.98. The fraction of sp³-hybridized carbons (Fsp3) is 0.952. The fourth-order valence-corrected chi connectivity index (χ4v) is 13.7. The van der Waals surface area contributed by atoms with Crippen molar-refractivity contribution in [2.75, 3.05) is 13.2 Å². The van der Waals surface area contributed by atoms with E-state index in [9.17, 15) is 19.8 Å². The third kappa shape index (κ3) is 75.6. The topological polar surface area (TPSA) is 95.9 Å². The Bertz CT molecular complexity index is 1370. The van der Waals surface area contributed by atoms with Crippen LogP contribution in [0.4, 0.5) is 0 Å². The largest absolute Gasteiger partial charge is 0.466 e. The number of amides is 1. The second-order valence-electron chi connectivity index (χ2n) is 29.2. The average Bonchev–Trinajstić information content (AvgIpc) is 3.72. The summed E-state index contributed by atoms with van der Waals surface area (Å²) in [4.78, 5) is 24.7. The molecule has 6 nitrogen and oxygen atoms in total. The molecule has 0 aromatic heterocycles. The Labute approximate surface area is 565 Å². The first-order valence-electron chi connectivity index (χ1n) is 42.0. The minimum absolute atomic E-state index is 0.0272. The van der Waals surface area contributed by atoms with Crippen LogP contribution in [0.15, 0.2) is 12.2 Å². The van der Waals surface area contributed by atoms with Crippen LogP contribution in [0.25, 0.3) is 0 Å². The van der Waals surface area contributed by atoms with Crippen LogP contribution in [0.3, 0.4) is 0 Å². The molecule has 3 N–H and O–H groups in total. The molecule has 0 aliphatic rings. The molecule has 1 amide bonds. The SMILES string of the molecule is CCCCCCCCCCCCCCCCCCCCCC/C=C/C(O)C(CO)NC(=O)CCCCCCCCCCCCCCCCCCCCCCCCCCCCCCCCCCOC(=O)CCCCCCCCCCCCCCCCCCCCC. The number of aliphatic hydroxyl groups is 2. The lowest BCUT2D eigenvalue weighted by Gasteiger charge is -2.20. The summed E-state index contributed by atoms with van der Waals surface area (Å²) in [5.74, 6) is -0.0305. The first kappa shape index (κ1) is 88.6. The van der Waals surface area contributed by atoms with Gasteiger partial charge in [-0.25, -0.2) is 0 Å². The van der Waals surface area contributed by atoms with E-state index in [2.05, 4.69) is 19.2 Å². The molecule has 0 bridgehead atoms. The Morgan fingerprint density at radius 2 is 0.511 bits per heavy atom. The second-order valence-corrected chi connectivity index (χ2v) is 29.2. The zero-order valence-corrected chi connectivity index (χ0v) is 61.7. The Morgan fingerprint density at radius 3 is 0.756 bits per heavy atom. The maximum atomic E-state index is 12.6. The van der Waals surface area contributed by atoms with Crippen LogP contribution in [0.5, 0.6) is 0 Å². The number of esters is 1. The van der Waals surface area contributed by atoms with E-state index in [-0.39, 0.29) is 18.5 Å². The molecule has 2 atom stereocenters. The molecule has 0 heterocycles. The molecule has 536 valence electrons. The number of rotatable bonds is 80. The molecule has 6 heteroatoms. The molecular weight excluding hydrogens is 1100 g/mol. The van der Waals surface area contributed by atoms with Crippen molar-refractivity contribution in [1.29, 1.82) is 0 Å². The van der Waals surface area contributed by atoms with E-state index in [0.717, 1.165) is 38.5 Å². The first-order chi connectivity index (χ1) is 44.5. The van der Waals surface area contributed by atoms with Gasteiger partial charge in [0.2, 0.25) is 5.91 Å². The highest BCUT2D eigenvalue weighted by Gasteiger charge is 2.18. The van der Waals surface area contributed by atoms with E-state index < -0.39 is 12.1 Å². The quantitative estimate of drug-likeness (QED) is 0.0320. The highest BCUT2D eigenvalue weighted by Crippen LogP contribution is 2.21. The molecule has 2 unspecified atom stereocenters. The van der Waals surface area contributed by atoms with E-state index in [4.69, 9.17) is 4.74 Å². The van der Waals surface area contributed by atoms with E-state index in [1.54, 1.807) is 6.08 Å². The summed E-state index contributed by atoms with van der Waals surface area (Å²) in [6.07, 6.45) is 102. The van der Waals surface area contributed by atoms with Crippen molar-refractivity contribution >= 4 is 11.9 Å². The molecule has 0 aromatic rings. The number of carbonyl (C=O) groups is 2. The third-order valence-corrected chi connectivity index (χ3v) is 20.1. The maximum Gasteiger partial charge on any atom is 0.305 e. The number of hydrogen-bond donors (Lipinski definition) is 3. The van der Waals surface area contributed by atoms with Crippen molar-refractivity contribution in [3.63, 3.8) is 0 Å². The summed E-state index contributed by atoms with van der Waals surface area (Å²) in [6, 6.07) is -0.625. The number of unbranched alkanes of at least 4 members (excludes halogenated alkanes) is 69. The highest BCUT2D eigenvalue weighted by atomic mass is 16.5. The van der Waals surface area contributed by atoms with Crippen molar-refractivity contribution in [2.24, 2.45) is 0 Å². The monoisotopic (exact) mass is 1270 g/mol. The normalized spacial score (nSPS) is 12.4. The van der Waals surface area contributed by atoms with Gasteiger partial charge in [-0.3, -0.25) is 9.59 Å². The van der Waals surface area contributed by atoms with Gasteiger partial charge in [0, 0.05) is 12.8 Å². The third-order valence-electron chi connectivity index (χ3n) is 20.1. The molecule has 0 radical (unpaired) electrons. The summed E-state index contributed by atoms with van der Waals surface area (Å²) >= 11 is 0. The van der Waals surface area contributed by atoms with Crippen LogP contribution in [0, 0.1) is 0 Å². The van der Waals surface area contributed by atoms with E-state index in [0.29, 0.717) is 19.4 Å². The second kappa shape index (κ2) is 80.0. The van der Waals surface area contributed by atoms with Crippen molar-refractivity contribution in [3.05, 3.63) is 12.2 Å². The predicted molar refractivity (Wildman–Crippen MR) is 398 cm³/mol. The van der Waals surface area contributed by atoms with Gasteiger partial charge in [-0.2, -0.15) is 0 Å². The molecule has 90 heavy (non-hydrogen) atoms. The number of allylic oxidation sites excluding steroid dienone is 1. The Morgan fingerprint density at radius 1 is 0.300 bits per heavy atom. The van der Waals surface area contributed by atoms with Gasteiger partial charge in [0.1, 0.15) is 0 Å². The van der Waals surface area contributed by atoms with E-state index in [1.807, 2.05) is 6.08 Å². The van der Waals surface area contributed by atoms with Gasteiger partial charge in [0.25, 0.3) is 0 Å². The van der Waals surface area contributed by atoms with Crippen LogP contribution in [0.2, 0.25) is 0 Å². The molecule has 0 aromatic carbocycles. The Balaban J connectivity index is 3.33. The molecule has 0 saturated heterocycles. The number of hydrogen-bond acceptors (Lipinski definition) is 5. The molecule has 0 rings (SSSR count). The minimum Gasteiger partial charge on any atom is -0.466 e.